The van der Waals surface area contributed by atoms with Crippen LogP contribution in [-0.2, 0) is 6.42 Å². The molecule has 0 fully saturated rings. The molecule has 1 aromatic heterocycles. The van der Waals surface area contributed by atoms with Gasteiger partial charge in [-0.15, -0.1) is 0 Å². The Morgan fingerprint density at radius 3 is 2.33 bits per heavy atom. The van der Waals surface area contributed by atoms with Crippen molar-refractivity contribution in [1.29, 1.82) is 0 Å². The van der Waals surface area contributed by atoms with Gasteiger partial charge in [-0.1, -0.05) is 39.0 Å². The van der Waals surface area contributed by atoms with Crippen LogP contribution in [0.5, 0.6) is 0 Å². The molecule has 0 N–H and O–H groups in total. The van der Waals surface area contributed by atoms with Crippen LogP contribution in [0.3, 0.4) is 0 Å². The van der Waals surface area contributed by atoms with E-state index in [9.17, 15) is 0 Å². The molecular formula is C11H17Br2NS. The standard InChI is InChI=1S/C11H17Br2NS/c1-2-3-4-5-6-7-8-9-10(12)11(13)15-14-9/h2-8H2,1H3. The van der Waals surface area contributed by atoms with Gasteiger partial charge in [-0.2, -0.15) is 4.37 Å². The number of nitrogens with zero attached hydrogens (tertiary/aromatic N) is 1. The van der Waals surface area contributed by atoms with Crippen molar-refractivity contribution in [2.75, 3.05) is 0 Å². The van der Waals surface area contributed by atoms with Crippen molar-refractivity contribution in [2.45, 2.75) is 51.9 Å². The number of unbranched alkanes of at least 4 members (excludes halogenated alkanes) is 5. The number of aryl methyl sites for hydroxylation is 1. The molecule has 0 aliphatic rings. The van der Waals surface area contributed by atoms with E-state index >= 15 is 0 Å². The molecule has 4 heteroatoms. The van der Waals surface area contributed by atoms with Gasteiger partial charge in [-0.05, 0) is 56.2 Å². The van der Waals surface area contributed by atoms with Crippen molar-refractivity contribution in [3.05, 3.63) is 14.0 Å². The largest absolute Gasteiger partial charge is 0.195 e. The van der Waals surface area contributed by atoms with Crippen LogP contribution < -0.4 is 0 Å². The van der Waals surface area contributed by atoms with Crippen molar-refractivity contribution in [3.63, 3.8) is 0 Å². The predicted molar refractivity (Wildman–Crippen MR) is 74.6 cm³/mol. The zero-order valence-corrected chi connectivity index (χ0v) is 13.0. The van der Waals surface area contributed by atoms with Crippen molar-refractivity contribution >= 4 is 43.4 Å². The molecule has 0 amide bonds. The maximum Gasteiger partial charge on any atom is 0.105 e. The molecule has 0 saturated carbocycles. The molecule has 0 bridgehead atoms. The molecule has 86 valence electrons. The van der Waals surface area contributed by atoms with E-state index in [4.69, 9.17) is 0 Å². The lowest BCUT2D eigenvalue weighted by Crippen LogP contribution is -1.87. The molecule has 1 aromatic rings. The molecule has 1 nitrogen and oxygen atoms in total. The van der Waals surface area contributed by atoms with Gasteiger partial charge in [-0.3, -0.25) is 0 Å². The summed E-state index contributed by atoms with van der Waals surface area (Å²) in [5.74, 6) is 0. The highest BCUT2D eigenvalue weighted by atomic mass is 79.9. The first-order valence-electron chi connectivity index (χ1n) is 5.55. The minimum Gasteiger partial charge on any atom is -0.195 e. The highest BCUT2D eigenvalue weighted by molar-refractivity contribution is 9.13. The first kappa shape index (κ1) is 13.7. The molecule has 0 saturated heterocycles. The highest BCUT2D eigenvalue weighted by Gasteiger charge is 2.07. The van der Waals surface area contributed by atoms with Crippen LogP contribution in [0.1, 0.15) is 51.1 Å². The number of halogens is 2. The average Bonchev–Trinajstić information content (AvgIpc) is 2.54. The van der Waals surface area contributed by atoms with E-state index in [1.807, 2.05) is 0 Å². The minimum absolute atomic E-state index is 1.11. The van der Waals surface area contributed by atoms with Crippen molar-refractivity contribution in [1.82, 2.24) is 4.37 Å². The zero-order valence-electron chi connectivity index (χ0n) is 9.06. The van der Waals surface area contributed by atoms with Gasteiger partial charge in [-0.25, -0.2) is 0 Å². The van der Waals surface area contributed by atoms with E-state index in [0.717, 1.165) is 14.7 Å². The van der Waals surface area contributed by atoms with E-state index < -0.39 is 0 Å². The maximum atomic E-state index is 4.40. The lowest BCUT2D eigenvalue weighted by Gasteiger charge is -1.99. The fourth-order valence-electron chi connectivity index (χ4n) is 1.52. The third-order valence-electron chi connectivity index (χ3n) is 2.43. The van der Waals surface area contributed by atoms with Crippen LogP contribution in [0, 0.1) is 0 Å². The predicted octanol–water partition coefficient (Wildman–Crippen LogP) is 5.57. The van der Waals surface area contributed by atoms with Crippen LogP contribution in [0.2, 0.25) is 0 Å². The summed E-state index contributed by atoms with van der Waals surface area (Å²) in [5.41, 5.74) is 1.21. The molecule has 15 heavy (non-hydrogen) atoms. The molecule has 0 aromatic carbocycles. The molecule has 0 atom stereocenters. The second-order valence-corrected chi connectivity index (χ2v) is 6.62. The number of hydrogen-bond donors (Lipinski definition) is 0. The molecule has 1 rings (SSSR count). The highest BCUT2D eigenvalue weighted by Crippen LogP contribution is 2.31. The topological polar surface area (TPSA) is 12.9 Å². The van der Waals surface area contributed by atoms with Crippen LogP contribution in [0.4, 0.5) is 0 Å². The Labute approximate surface area is 113 Å². The second kappa shape index (κ2) is 7.80. The van der Waals surface area contributed by atoms with Crippen molar-refractivity contribution in [2.24, 2.45) is 0 Å². The normalized spacial score (nSPS) is 10.9. The number of hydrogen-bond acceptors (Lipinski definition) is 2. The Kier molecular flexibility index (Phi) is 7.10. The third kappa shape index (κ3) is 4.96. The van der Waals surface area contributed by atoms with Gasteiger partial charge >= 0.3 is 0 Å². The summed E-state index contributed by atoms with van der Waals surface area (Å²) < 4.78 is 6.67. The lowest BCUT2D eigenvalue weighted by molar-refractivity contribution is 0.605. The maximum absolute atomic E-state index is 4.40. The van der Waals surface area contributed by atoms with Crippen molar-refractivity contribution < 1.29 is 0 Å². The number of aromatic nitrogens is 1. The minimum atomic E-state index is 1.11. The molecule has 0 spiro atoms. The Balaban J connectivity index is 2.12. The molecule has 1 heterocycles. The van der Waals surface area contributed by atoms with Crippen molar-refractivity contribution in [3.8, 4) is 0 Å². The fourth-order valence-corrected chi connectivity index (χ4v) is 3.16. The summed E-state index contributed by atoms with van der Waals surface area (Å²) in [6.07, 6.45) is 9.17. The Morgan fingerprint density at radius 1 is 1.07 bits per heavy atom. The fraction of sp³-hybridized carbons (Fsp3) is 0.727. The third-order valence-corrected chi connectivity index (χ3v) is 5.58. The SMILES string of the molecule is CCCCCCCCc1nsc(Br)c1Br. The Hall–Kier alpha value is 0.590. The summed E-state index contributed by atoms with van der Waals surface area (Å²) in [5, 5.41) is 0. The summed E-state index contributed by atoms with van der Waals surface area (Å²) >= 11 is 8.54. The summed E-state index contributed by atoms with van der Waals surface area (Å²) in [4.78, 5) is 0. The van der Waals surface area contributed by atoms with Gasteiger partial charge in [0.2, 0.25) is 0 Å². The number of rotatable bonds is 7. The van der Waals surface area contributed by atoms with Gasteiger partial charge < -0.3 is 0 Å². The monoisotopic (exact) mass is 353 g/mol. The van der Waals surface area contributed by atoms with Gasteiger partial charge in [0.15, 0.2) is 0 Å². The van der Waals surface area contributed by atoms with E-state index in [1.165, 1.54) is 55.8 Å². The molecule has 0 aliphatic heterocycles. The second-order valence-electron chi connectivity index (χ2n) is 3.73. The van der Waals surface area contributed by atoms with Gasteiger partial charge in [0, 0.05) is 0 Å². The summed E-state index contributed by atoms with van der Waals surface area (Å²) in [6.45, 7) is 2.25. The van der Waals surface area contributed by atoms with Crippen LogP contribution in [0.15, 0.2) is 8.26 Å². The quantitative estimate of drug-likeness (QED) is 0.583. The van der Waals surface area contributed by atoms with Gasteiger partial charge in [0.05, 0.1) is 10.2 Å². The van der Waals surface area contributed by atoms with Crippen LogP contribution in [-0.4, -0.2) is 4.37 Å². The smallest absolute Gasteiger partial charge is 0.105 e. The first-order valence-corrected chi connectivity index (χ1v) is 7.91. The van der Waals surface area contributed by atoms with E-state index in [0.29, 0.717) is 0 Å². The zero-order chi connectivity index (χ0) is 11.1. The molecule has 0 radical (unpaired) electrons. The van der Waals surface area contributed by atoms with Gasteiger partial charge in [0.25, 0.3) is 0 Å². The summed E-state index contributed by atoms with van der Waals surface area (Å²) in [7, 11) is 0. The molecular weight excluding hydrogens is 338 g/mol. The van der Waals surface area contributed by atoms with E-state index in [-0.39, 0.29) is 0 Å². The molecule has 0 aliphatic carbocycles. The van der Waals surface area contributed by atoms with Crippen LogP contribution >= 0.6 is 43.4 Å². The molecule has 0 unspecified atom stereocenters. The van der Waals surface area contributed by atoms with E-state index in [1.54, 1.807) is 0 Å². The van der Waals surface area contributed by atoms with E-state index in [2.05, 4.69) is 43.2 Å². The average molecular weight is 355 g/mol. The Morgan fingerprint density at radius 2 is 1.73 bits per heavy atom. The first-order chi connectivity index (χ1) is 7.25. The Bertz CT molecular complexity index is 286. The van der Waals surface area contributed by atoms with Crippen LogP contribution in [0.25, 0.3) is 0 Å². The van der Waals surface area contributed by atoms with Gasteiger partial charge in [0.1, 0.15) is 3.79 Å². The lowest BCUT2D eigenvalue weighted by atomic mass is 10.1. The summed E-state index contributed by atoms with van der Waals surface area (Å²) in [6, 6.07) is 0.